The lowest BCUT2D eigenvalue weighted by molar-refractivity contribution is 0.0696. The molecule has 32 heavy (non-hydrogen) atoms. The summed E-state index contributed by atoms with van der Waals surface area (Å²) in [6.45, 7) is 10.6. The summed E-state index contributed by atoms with van der Waals surface area (Å²) in [7, 11) is 0. The van der Waals surface area contributed by atoms with Gasteiger partial charge in [-0.15, -0.1) is 0 Å². The van der Waals surface area contributed by atoms with E-state index in [0.717, 1.165) is 24.8 Å². The molecule has 2 rings (SSSR count). The summed E-state index contributed by atoms with van der Waals surface area (Å²) < 4.78 is 11.5. The van der Waals surface area contributed by atoms with Crippen LogP contribution in [0.2, 0.25) is 0 Å². The summed E-state index contributed by atoms with van der Waals surface area (Å²) in [6.07, 6.45) is 2.86. The number of hydrogen-bond acceptors (Lipinski definition) is 5. The number of ether oxygens (including phenoxy) is 2. The monoisotopic (exact) mass is 442 g/mol. The maximum atomic E-state index is 12.4. The van der Waals surface area contributed by atoms with E-state index in [1.807, 2.05) is 27.7 Å². The van der Waals surface area contributed by atoms with Crippen LogP contribution in [-0.4, -0.2) is 35.2 Å². The number of benzene rings is 2. The molecule has 0 radical (unpaired) electrons. The average molecular weight is 443 g/mol. The number of carboxylic acid groups (broad SMARTS) is 1. The van der Waals surface area contributed by atoms with Crippen LogP contribution in [0.1, 0.15) is 78.3 Å². The van der Waals surface area contributed by atoms with Gasteiger partial charge in [0.25, 0.3) is 0 Å². The van der Waals surface area contributed by atoms with Crippen LogP contribution in [0, 0.1) is 19.3 Å². The standard InChI is InChI=1S/C26H34O6/c1-17-9-10-19(25(29)30)15-23(17)32-14-8-6-7-13-31-22-12-11-20(24(28)18(22)2)21(27)16-26(3,4)5/h9-12,15,28H,6-8,13-14,16H2,1-5H3,(H,29,30). The number of unbranched alkanes of at least 4 members (excludes halogenated alkanes) is 2. The van der Waals surface area contributed by atoms with Gasteiger partial charge in [-0.25, -0.2) is 4.79 Å². The Bertz CT molecular complexity index is 956. The lowest BCUT2D eigenvalue weighted by Gasteiger charge is -2.18. The molecule has 0 aliphatic heterocycles. The van der Waals surface area contributed by atoms with Gasteiger partial charge in [0.2, 0.25) is 0 Å². The lowest BCUT2D eigenvalue weighted by atomic mass is 9.87. The highest BCUT2D eigenvalue weighted by Crippen LogP contribution is 2.33. The minimum Gasteiger partial charge on any atom is -0.507 e. The van der Waals surface area contributed by atoms with Crippen molar-refractivity contribution in [2.45, 2.75) is 60.3 Å². The Morgan fingerprint density at radius 1 is 0.906 bits per heavy atom. The zero-order valence-electron chi connectivity index (χ0n) is 19.7. The summed E-state index contributed by atoms with van der Waals surface area (Å²) in [5, 5.41) is 19.5. The number of phenols is 1. The first-order chi connectivity index (χ1) is 15.0. The molecule has 0 atom stereocenters. The zero-order chi connectivity index (χ0) is 23.9. The topological polar surface area (TPSA) is 93.1 Å². The summed E-state index contributed by atoms with van der Waals surface area (Å²) in [5.74, 6) is 0.110. The molecule has 0 aliphatic rings. The Morgan fingerprint density at radius 3 is 2.12 bits per heavy atom. The first-order valence-electron chi connectivity index (χ1n) is 10.9. The molecule has 2 aromatic rings. The van der Waals surface area contributed by atoms with Crippen molar-refractivity contribution >= 4 is 11.8 Å². The number of carboxylic acids is 1. The molecule has 0 saturated carbocycles. The first kappa shape index (κ1) is 25.2. The molecule has 2 aromatic carbocycles. The van der Waals surface area contributed by atoms with Gasteiger partial charge in [-0.1, -0.05) is 26.8 Å². The molecule has 0 unspecified atom stereocenters. The number of carbonyl (C=O) groups excluding carboxylic acids is 1. The maximum Gasteiger partial charge on any atom is 0.335 e. The predicted molar refractivity (Wildman–Crippen MR) is 124 cm³/mol. The van der Waals surface area contributed by atoms with Crippen LogP contribution in [0.3, 0.4) is 0 Å². The highest BCUT2D eigenvalue weighted by atomic mass is 16.5. The van der Waals surface area contributed by atoms with Crippen molar-refractivity contribution in [2.75, 3.05) is 13.2 Å². The second-order valence-corrected chi connectivity index (χ2v) is 9.29. The molecule has 6 heteroatoms. The van der Waals surface area contributed by atoms with Crippen molar-refractivity contribution in [3.8, 4) is 17.2 Å². The van der Waals surface area contributed by atoms with Crippen molar-refractivity contribution in [1.82, 2.24) is 0 Å². The van der Waals surface area contributed by atoms with E-state index in [1.54, 1.807) is 37.3 Å². The summed E-state index contributed by atoms with van der Waals surface area (Å²) in [4.78, 5) is 23.5. The van der Waals surface area contributed by atoms with Gasteiger partial charge in [0, 0.05) is 12.0 Å². The highest BCUT2D eigenvalue weighted by Gasteiger charge is 2.21. The van der Waals surface area contributed by atoms with E-state index in [0.29, 0.717) is 42.3 Å². The molecule has 0 fully saturated rings. The van der Waals surface area contributed by atoms with Gasteiger partial charge >= 0.3 is 5.97 Å². The van der Waals surface area contributed by atoms with Crippen molar-refractivity contribution in [3.05, 3.63) is 52.6 Å². The van der Waals surface area contributed by atoms with Crippen LogP contribution in [-0.2, 0) is 0 Å². The Balaban J connectivity index is 1.78. The average Bonchev–Trinajstić information content (AvgIpc) is 2.70. The quantitative estimate of drug-likeness (QED) is 0.330. The van der Waals surface area contributed by atoms with Crippen molar-refractivity contribution in [1.29, 1.82) is 0 Å². The van der Waals surface area contributed by atoms with Gasteiger partial charge < -0.3 is 19.7 Å². The van der Waals surface area contributed by atoms with Crippen molar-refractivity contribution < 1.29 is 29.3 Å². The Hall–Kier alpha value is -3.02. The second-order valence-electron chi connectivity index (χ2n) is 9.29. The molecule has 0 saturated heterocycles. The minimum absolute atomic E-state index is 0.0101. The number of phenolic OH excluding ortho intramolecular Hbond substituents is 1. The molecule has 174 valence electrons. The molecule has 0 aliphatic carbocycles. The molecular weight excluding hydrogens is 408 g/mol. The van der Waals surface area contributed by atoms with Crippen molar-refractivity contribution in [3.63, 3.8) is 0 Å². The molecule has 0 aromatic heterocycles. The molecule has 0 bridgehead atoms. The van der Waals surface area contributed by atoms with Gasteiger partial charge in [-0.2, -0.15) is 0 Å². The number of aryl methyl sites for hydroxylation is 1. The highest BCUT2D eigenvalue weighted by molar-refractivity contribution is 5.99. The lowest BCUT2D eigenvalue weighted by Crippen LogP contribution is -2.13. The number of ketones is 1. The number of rotatable bonds is 11. The van der Waals surface area contributed by atoms with E-state index in [4.69, 9.17) is 14.6 Å². The fourth-order valence-electron chi connectivity index (χ4n) is 3.27. The smallest absolute Gasteiger partial charge is 0.335 e. The number of aromatic hydroxyl groups is 1. The van der Waals surface area contributed by atoms with Crippen molar-refractivity contribution in [2.24, 2.45) is 5.41 Å². The van der Waals surface area contributed by atoms with Gasteiger partial charge in [0.1, 0.15) is 17.2 Å². The van der Waals surface area contributed by atoms with E-state index >= 15 is 0 Å². The fraction of sp³-hybridized carbons (Fsp3) is 0.462. The summed E-state index contributed by atoms with van der Waals surface area (Å²) >= 11 is 0. The number of aromatic carboxylic acids is 1. The molecule has 0 amide bonds. The predicted octanol–water partition coefficient (Wildman–Crippen LogP) is 5.95. The van der Waals surface area contributed by atoms with Crippen LogP contribution >= 0.6 is 0 Å². The third-order valence-corrected chi connectivity index (χ3v) is 5.11. The minimum atomic E-state index is -0.972. The maximum absolute atomic E-state index is 12.4. The summed E-state index contributed by atoms with van der Waals surface area (Å²) in [5.41, 5.74) is 1.88. The molecule has 6 nitrogen and oxygen atoms in total. The van der Waals surface area contributed by atoms with Crippen LogP contribution < -0.4 is 9.47 Å². The largest absolute Gasteiger partial charge is 0.507 e. The van der Waals surface area contributed by atoms with E-state index < -0.39 is 5.97 Å². The van der Waals surface area contributed by atoms with E-state index in [9.17, 15) is 14.7 Å². The third-order valence-electron chi connectivity index (χ3n) is 5.11. The third kappa shape index (κ3) is 7.29. The van der Waals surface area contributed by atoms with Crippen LogP contribution in [0.4, 0.5) is 0 Å². The van der Waals surface area contributed by atoms with Crippen LogP contribution in [0.15, 0.2) is 30.3 Å². The Labute approximate surface area is 190 Å². The van der Waals surface area contributed by atoms with E-state index in [2.05, 4.69) is 0 Å². The van der Waals surface area contributed by atoms with Gasteiger partial charge in [-0.05, 0) is 68.4 Å². The van der Waals surface area contributed by atoms with Gasteiger partial charge in [-0.3, -0.25) is 4.79 Å². The Kier molecular flexibility index (Phi) is 8.70. The van der Waals surface area contributed by atoms with Crippen LogP contribution in [0.5, 0.6) is 17.2 Å². The normalized spacial score (nSPS) is 11.3. The van der Waals surface area contributed by atoms with Gasteiger partial charge in [0.05, 0.1) is 24.3 Å². The van der Waals surface area contributed by atoms with E-state index in [1.165, 1.54) is 0 Å². The van der Waals surface area contributed by atoms with E-state index in [-0.39, 0.29) is 22.5 Å². The molecule has 0 spiro atoms. The SMILES string of the molecule is Cc1ccc(C(=O)O)cc1OCCCCCOc1ccc(C(=O)CC(C)(C)C)c(O)c1C. The number of Topliss-reactive ketones (excluding diaryl/α,β-unsaturated/α-hetero) is 1. The zero-order valence-corrected chi connectivity index (χ0v) is 19.7. The molecular formula is C26H34O6. The second kappa shape index (κ2) is 11.0. The molecule has 0 heterocycles. The first-order valence-corrected chi connectivity index (χ1v) is 10.9. The number of carbonyl (C=O) groups is 2. The van der Waals surface area contributed by atoms with Gasteiger partial charge in [0.15, 0.2) is 5.78 Å². The number of hydrogen-bond donors (Lipinski definition) is 2. The summed E-state index contributed by atoms with van der Waals surface area (Å²) in [6, 6.07) is 8.23. The Morgan fingerprint density at radius 2 is 1.53 bits per heavy atom. The molecule has 2 N–H and O–H groups in total. The fourth-order valence-corrected chi connectivity index (χ4v) is 3.27. The van der Waals surface area contributed by atoms with Crippen LogP contribution in [0.25, 0.3) is 0 Å².